The van der Waals surface area contributed by atoms with E-state index in [1.54, 1.807) is 0 Å². The third-order valence-corrected chi connectivity index (χ3v) is 5.42. The highest BCUT2D eigenvalue weighted by Crippen LogP contribution is 2.23. The first-order chi connectivity index (χ1) is 8.86. The first-order valence-corrected chi connectivity index (χ1v) is 7.72. The molecule has 0 radical (unpaired) electrons. The molecule has 2 rings (SSSR count). The molecular formula is C12H20N2O4S. The Bertz CT molecular complexity index is 528. The Kier molecular flexibility index (Phi) is 4.00. The highest BCUT2D eigenvalue weighted by Gasteiger charge is 2.35. The fourth-order valence-corrected chi connectivity index (χ4v) is 3.79. The van der Waals surface area contributed by atoms with Crippen molar-refractivity contribution in [2.24, 2.45) is 0 Å². The first kappa shape index (κ1) is 14.5. The predicted molar refractivity (Wildman–Crippen MR) is 70.1 cm³/mol. The molecule has 1 saturated heterocycles. The monoisotopic (exact) mass is 288 g/mol. The molecule has 6 nitrogen and oxygen atoms in total. The minimum atomic E-state index is -3.61. The molecule has 0 amide bonds. The molecule has 0 saturated carbocycles. The van der Waals surface area contributed by atoms with E-state index in [0.29, 0.717) is 13.1 Å². The number of likely N-dealkylation sites (N-methyl/N-ethyl adjacent to an activating group) is 1. The van der Waals surface area contributed by atoms with Gasteiger partial charge < -0.3 is 9.52 Å². The van der Waals surface area contributed by atoms with Gasteiger partial charge in [0.2, 0.25) is 5.09 Å². The topological polar surface area (TPSA) is 74.0 Å². The minimum Gasteiger partial charge on any atom is -0.446 e. The van der Waals surface area contributed by atoms with E-state index in [0.717, 1.165) is 0 Å². The van der Waals surface area contributed by atoms with Gasteiger partial charge >= 0.3 is 0 Å². The van der Waals surface area contributed by atoms with Crippen molar-refractivity contribution in [1.29, 1.82) is 0 Å². The molecule has 1 N–H and O–H groups in total. The average Bonchev–Trinajstić information content (AvgIpc) is 2.84. The third kappa shape index (κ3) is 2.69. The Hall–Kier alpha value is -0.890. The van der Waals surface area contributed by atoms with Gasteiger partial charge in [0.1, 0.15) is 12.4 Å². The van der Waals surface area contributed by atoms with Gasteiger partial charge in [0, 0.05) is 25.2 Å². The van der Waals surface area contributed by atoms with Crippen LogP contribution in [0.4, 0.5) is 0 Å². The van der Waals surface area contributed by atoms with Crippen LogP contribution in [-0.4, -0.2) is 55.0 Å². The summed E-state index contributed by atoms with van der Waals surface area (Å²) in [4.78, 5) is 2.16. The number of rotatable bonds is 3. The van der Waals surface area contributed by atoms with Crippen LogP contribution in [0.1, 0.15) is 19.6 Å². The molecule has 0 aromatic carbocycles. The van der Waals surface area contributed by atoms with E-state index >= 15 is 0 Å². The van der Waals surface area contributed by atoms with Crippen LogP contribution in [0, 0.1) is 0 Å². The van der Waals surface area contributed by atoms with Crippen molar-refractivity contribution in [3.63, 3.8) is 0 Å². The van der Waals surface area contributed by atoms with E-state index in [9.17, 15) is 8.42 Å². The zero-order valence-electron chi connectivity index (χ0n) is 11.4. The molecule has 0 spiro atoms. The second-order valence-corrected chi connectivity index (χ2v) is 6.93. The van der Waals surface area contributed by atoms with Crippen molar-refractivity contribution >= 4 is 10.0 Å². The Morgan fingerprint density at radius 1 is 1.32 bits per heavy atom. The van der Waals surface area contributed by atoms with E-state index in [-0.39, 0.29) is 29.5 Å². The summed E-state index contributed by atoms with van der Waals surface area (Å²) in [7, 11) is -1.62. The van der Waals surface area contributed by atoms with Crippen molar-refractivity contribution in [2.45, 2.75) is 37.6 Å². The number of hydrogen-bond donors (Lipinski definition) is 1. The average molecular weight is 288 g/mol. The van der Waals surface area contributed by atoms with Crippen molar-refractivity contribution in [3.05, 3.63) is 17.9 Å². The summed E-state index contributed by atoms with van der Waals surface area (Å²) in [6.07, 6.45) is 0. The number of aliphatic hydroxyl groups excluding tert-OH is 1. The lowest BCUT2D eigenvalue weighted by molar-refractivity contribution is 0.104. The third-order valence-electron chi connectivity index (χ3n) is 3.71. The first-order valence-electron chi connectivity index (χ1n) is 6.28. The molecule has 2 atom stereocenters. The summed E-state index contributed by atoms with van der Waals surface area (Å²) in [5.74, 6) is 0.258. The number of nitrogens with zero attached hydrogens (tertiary/aromatic N) is 2. The van der Waals surface area contributed by atoms with Gasteiger partial charge in [0.15, 0.2) is 0 Å². The van der Waals surface area contributed by atoms with Gasteiger partial charge in [-0.1, -0.05) is 0 Å². The molecule has 1 aromatic heterocycles. The van der Waals surface area contributed by atoms with Gasteiger partial charge in [-0.2, -0.15) is 4.31 Å². The van der Waals surface area contributed by atoms with Gasteiger partial charge in [0.05, 0.1) is 0 Å². The molecule has 1 aromatic rings. The second kappa shape index (κ2) is 5.24. The van der Waals surface area contributed by atoms with E-state index in [2.05, 4.69) is 4.90 Å². The summed E-state index contributed by atoms with van der Waals surface area (Å²) >= 11 is 0. The molecule has 108 valence electrons. The summed E-state index contributed by atoms with van der Waals surface area (Å²) in [5, 5.41) is 8.84. The lowest BCUT2D eigenvalue weighted by atomic mass is 10.1. The quantitative estimate of drug-likeness (QED) is 0.876. The van der Waals surface area contributed by atoms with Gasteiger partial charge in [-0.25, -0.2) is 8.42 Å². The van der Waals surface area contributed by atoms with Crippen molar-refractivity contribution in [3.8, 4) is 0 Å². The smallest absolute Gasteiger partial charge is 0.276 e. The molecule has 1 aliphatic rings. The number of sulfonamides is 1. The van der Waals surface area contributed by atoms with Crippen molar-refractivity contribution < 1.29 is 17.9 Å². The SMILES string of the molecule is CC1CN(S(=O)(=O)c2ccc(CO)o2)CC(C)N1C. The Morgan fingerprint density at radius 3 is 2.37 bits per heavy atom. The number of piperazine rings is 1. The van der Waals surface area contributed by atoms with Crippen LogP contribution < -0.4 is 0 Å². The van der Waals surface area contributed by atoms with E-state index in [1.165, 1.54) is 16.4 Å². The molecule has 2 heterocycles. The predicted octanol–water partition coefficient (Wildman–Crippen LogP) is 0.485. The van der Waals surface area contributed by atoms with Gasteiger partial charge in [-0.05, 0) is 33.0 Å². The number of furan rings is 1. The molecular weight excluding hydrogens is 268 g/mol. The Balaban J connectivity index is 2.25. The van der Waals surface area contributed by atoms with E-state index in [4.69, 9.17) is 9.52 Å². The molecule has 19 heavy (non-hydrogen) atoms. The zero-order valence-corrected chi connectivity index (χ0v) is 12.2. The maximum atomic E-state index is 12.4. The van der Waals surface area contributed by atoms with Crippen molar-refractivity contribution in [2.75, 3.05) is 20.1 Å². The molecule has 2 unspecified atom stereocenters. The van der Waals surface area contributed by atoms with Gasteiger partial charge in [-0.15, -0.1) is 0 Å². The van der Waals surface area contributed by atoms with Crippen LogP contribution in [0.25, 0.3) is 0 Å². The molecule has 1 aliphatic heterocycles. The van der Waals surface area contributed by atoms with Gasteiger partial charge in [-0.3, -0.25) is 4.90 Å². The lowest BCUT2D eigenvalue weighted by Gasteiger charge is -2.41. The summed E-state index contributed by atoms with van der Waals surface area (Å²) in [6.45, 7) is 4.58. The molecule has 0 aliphatic carbocycles. The highest BCUT2D eigenvalue weighted by molar-refractivity contribution is 7.89. The van der Waals surface area contributed by atoms with Crippen LogP contribution in [0.5, 0.6) is 0 Å². The zero-order chi connectivity index (χ0) is 14.2. The molecule has 1 fully saturated rings. The molecule has 7 heteroatoms. The van der Waals surface area contributed by atoms with E-state index in [1.807, 2.05) is 20.9 Å². The standard InChI is InChI=1S/C12H20N2O4S/c1-9-6-14(7-10(2)13(9)3)19(16,17)12-5-4-11(8-15)18-12/h4-5,9-10,15H,6-8H2,1-3H3. The summed E-state index contributed by atoms with van der Waals surface area (Å²) in [5.41, 5.74) is 0. The fraction of sp³-hybridized carbons (Fsp3) is 0.667. The maximum absolute atomic E-state index is 12.4. The van der Waals surface area contributed by atoms with E-state index < -0.39 is 10.0 Å². The second-order valence-electron chi connectivity index (χ2n) is 5.06. The van der Waals surface area contributed by atoms with Crippen LogP contribution in [0.15, 0.2) is 21.6 Å². The Labute approximate surface area is 113 Å². The lowest BCUT2D eigenvalue weighted by Crippen LogP contribution is -2.56. The minimum absolute atomic E-state index is 0.0968. The van der Waals surface area contributed by atoms with Crippen LogP contribution in [-0.2, 0) is 16.6 Å². The number of hydrogen-bond acceptors (Lipinski definition) is 5. The highest BCUT2D eigenvalue weighted by atomic mass is 32.2. The molecule has 0 bridgehead atoms. The van der Waals surface area contributed by atoms with Gasteiger partial charge in [0.25, 0.3) is 10.0 Å². The maximum Gasteiger partial charge on any atom is 0.276 e. The largest absolute Gasteiger partial charge is 0.446 e. The van der Waals surface area contributed by atoms with Crippen molar-refractivity contribution in [1.82, 2.24) is 9.21 Å². The summed E-state index contributed by atoms with van der Waals surface area (Å²) in [6, 6.07) is 3.20. The number of aliphatic hydroxyl groups is 1. The fourth-order valence-electron chi connectivity index (χ4n) is 2.26. The Morgan fingerprint density at radius 2 is 1.89 bits per heavy atom. The van der Waals surface area contributed by atoms with Crippen LogP contribution in [0.2, 0.25) is 0 Å². The van der Waals surface area contributed by atoms with Crippen LogP contribution in [0.3, 0.4) is 0 Å². The van der Waals surface area contributed by atoms with Crippen LogP contribution >= 0.6 is 0 Å². The normalized spacial score (nSPS) is 26.7. The summed E-state index contributed by atoms with van der Waals surface area (Å²) < 4.78 is 31.5.